The van der Waals surface area contributed by atoms with E-state index in [0.29, 0.717) is 17.1 Å². The van der Waals surface area contributed by atoms with Crippen LogP contribution < -0.4 is 10.6 Å². The van der Waals surface area contributed by atoms with Crippen LogP contribution in [0.2, 0.25) is 0 Å². The summed E-state index contributed by atoms with van der Waals surface area (Å²) < 4.78 is 1.53. The fourth-order valence-corrected chi connectivity index (χ4v) is 2.38. The summed E-state index contributed by atoms with van der Waals surface area (Å²) >= 11 is 0. The van der Waals surface area contributed by atoms with E-state index in [1.807, 2.05) is 26.0 Å². The molecule has 1 amide bonds. The lowest BCUT2D eigenvalue weighted by Gasteiger charge is -2.20. The topological polar surface area (TPSA) is 64.2 Å². The number of hydrogen-bond acceptors (Lipinski definition) is 3. The number of nitrogen functional groups attached to an aromatic ring is 1. The highest BCUT2D eigenvalue weighted by Gasteiger charge is 2.22. The molecule has 2 aromatic rings. The highest BCUT2D eigenvalue weighted by atomic mass is 16.2. The number of nitrogens with zero attached hydrogens (tertiary/aromatic N) is 3. The Labute approximate surface area is 119 Å². The molecule has 2 N–H and O–H groups in total. The Morgan fingerprint density at radius 1 is 1.30 bits per heavy atom. The van der Waals surface area contributed by atoms with Gasteiger partial charge in [-0.25, -0.2) is 0 Å². The predicted molar refractivity (Wildman–Crippen MR) is 81.0 cm³/mol. The Morgan fingerprint density at radius 3 is 2.45 bits per heavy atom. The number of benzene rings is 1. The van der Waals surface area contributed by atoms with Crippen molar-refractivity contribution in [3.63, 3.8) is 0 Å². The Kier molecular flexibility index (Phi) is 3.53. The van der Waals surface area contributed by atoms with Crippen molar-refractivity contribution in [2.24, 2.45) is 7.05 Å². The molecule has 5 nitrogen and oxygen atoms in total. The van der Waals surface area contributed by atoms with E-state index < -0.39 is 0 Å². The Balaban J connectivity index is 2.42. The maximum Gasteiger partial charge on any atom is 0.278 e. The summed E-state index contributed by atoms with van der Waals surface area (Å²) in [5.74, 6) is -0.155. The molecule has 20 heavy (non-hydrogen) atoms. The molecule has 0 aliphatic rings. The summed E-state index contributed by atoms with van der Waals surface area (Å²) in [6, 6.07) is 5.99. The molecule has 106 valence electrons. The van der Waals surface area contributed by atoms with Crippen molar-refractivity contribution >= 4 is 17.3 Å². The lowest BCUT2D eigenvalue weighted by Crippen LogP contribution is -2.29. The molecule has 1 aromatic carbocycles. The van der Waals surface area contributed by atoms with E-state index in [9.17, 15) is 4.79 Å². The van der Waals surface area contributed by atoms with Crippen LogP contribution in [0.3, 0.4) is 0 Å². The molecule has 0 fully saturated rings. The maximum atomic E-state index is 12.6. The second-order valence-electron chi connectivity index (χ2n) is 5.13. The molecule has 0 radical (unpaired) electrons. The van der Waals surface area contributed by atoms with Crippen LogP contribution >= 0.6 is 0 Å². The first-order valence-electron chi connectivity index (χ1n) is 6.47. The lowest BCUT2D eigenvalue weighted by molar-refractivity contribution is 0.0985. The average Bonchev–Trinajstić information content (AvgIpc) is 2.62. The van der Waals surface area contributed by atoms with Crippen molar-refractivity contribution in [3.05, 3.63) is 40.7 Å². The second kappa shape index (κ2) is 5.00. The molecule has 0 aliphatic carbocycles. The number of amides is 1. The molecule has 5 heteroatoms. The zero-order valence-electron chi connectivity index (χ0n) is 12.6. The third kappa shape index (κ3) is 2.27. The van der Waals surface area contributed by atoms with Crippen LogP contribution in [-0.2, 0) is 7.05 Å². The van der Waals surface area contributed by atoms with E-state index in [0.717, 1.165) is 11.3 Å². The number of carbonyl (C=O) groups excluding carboxylic acids is 1. The summed E-state index contributed by atoms with van der Waals surface area (Å²) in [5.41, 5.74) is 10.6. The van der Waals surface area contributed by atoms with Gasteiger partial charge in [-0.15, -0.1) is 0 Å². The van der Waals surface area contributed by atoms with Gasteiger partial charge in [-0.1, -0.05) is 17.7 Å². The fourth-order valence-electron chi connectivity index (χ4n) is 2.38. The summed E-state index contributed by atoms with van der Waals surface area (Å²) in [7, 11) is 3.48. The number of aryl methyl sites for hydroxylation is 4. The minimum Gasteiger partial charge on any atom is -0.395 e. The molecule has 0 saturated heterocycles. The minimum absolute atomic E-state index is 0.155. The molecular weight excluding hydrogens is 252 g/mol. The van der Waals surface area contributed by atoms with Gasteiger partial charge in [0.25, 0.3) is 5.91 Å². The predicted octanol–water partition coefficient (Wildman–Crippen LogP) is 2.20. The van der Waals surface area contributed by atoms with Crippen LogP contribution in [0.5, 0.6) is 0 Å². The van der Waals surface area contributed by atoms with E-state index in [-0.39, 0.29) is 5.91 Å². The van der Waals surface area contributed by atoms with Crippen molar-refractivity contribution < 1.29 is 4.79 Å². The average molecular weight is 272 g/mol. The van der Waals surface area contributed by atoms with Gasteiger partial charge in [-0.3, -0.25) is 9.48 Å². The van der Waals surface area contributed by atoms with Crippen LogP contribution in [0.15, 0.2) is 18.2 Å². The van der Waals surface area contributed by atoms with Crippen LogP contribution in [0, 0.1) is 20.8 Å². The van der Waals surface area contributed by atoms with E-state index >= 15 is 0 Å². The van der Waals surface area contributed by atoms with Gasteiger partial charge >= 0.3 is 0 Å². The van der Waals surface area contributed by atoms with Gasteiger partial charge in [0, 0.05) is 19.8 Å². The summed E-state index contributed by atoms with van der Waals surface area (Å²) in [6.45, 7) is 5.81. The van der Waals surface area contributed by atoms with Crippen molar-refractivity contribution in [1.82, 2.24) is 9.78 Å². The Morgan fingerprint density at radius 2 is 1.95 bits per heavy atom. The molecule has 0 aliphatic heterocycles. The van der Waals surface area contributed by atoms with E-state index in [4.69, 9.17) is 5.73 Å². The van der Waals surface area contributed by atoms with Crippen LogP contribution in [0.25, 0.3) is 0 Å². The van der Waals surface area contributed by atoms with Crippen LogP contribution in [0.4, 0.5) is 11.4 Å². The smallest absolute Gasteiger partial charge is 0.278 e. The van der Waals surface area contributed by atoms with Crippen molar-refractivity contribution in [3.8, 4) is 0 Å². The molecule has 0 atom stereocenters. The van der Waals surface area contributed by atoms with Gasteiger partial charge < -0.3 is 10.6 Å². The van der Waals surface area contributed by atoms with E-state index in [2.05, 4.69) is 11.2 Å². The van der Waals surface area contributed by atoms with E-state index in [1.54, 1.807) is 25.9 Å². The van der Waals surface area contributed by atoms with Gasteiger partial charge in [0.2, 0.25) is 0 Å². The number of aromatic nitrogens is 2. The van der Waals surface area contributed by atoms with Crippen molar-refractivity contribution in [1.29, 1.82) is 0 Å². The molecule has 0 saturated carbocycles. The molecule has 0 spiro atoms. The first-order valence-corrected chi connectivity index (χ1v) is 6.47. The first-order chi connectivity index (χ1) is 9.32. The Bertz CT molecular complexity index is 673. The third-order valence-electron chi connectivity index (χ3n) is 3.49. The molecular formula is C15H20N4O. The van der Waals surface area contributed by atoms with Crippen LogP contribution in [-0.4, -0.2) is 22.7 Å². The number of anilines is 2. The monoisotopic (exact) mass is 272 g/mol. The first kappa shape index (κ1) is 14.1. The van der Waals surface area contributed by atoms with Crippen molar-refractivity contribution in [2.75, 3.05) is 17.7 Å². The zero-order valence-corrected chi connectivity index (χ0v) is 12.6. The van der Waals surface area contributed by atoms with Crippen LogP contribution in [0.1, 0.15) is 27.3 Å². The summed E-state index contributed by atoms with van der Waals surface area (Å²) in [4.78, 5) is 14.2. The molecule has 0 bridgehead atoms. The Hall–Kier alpha value is -2.30. The molecule has 0 unspecified atom stereocenters. The van der Waals surface area contributed by atoms with E-state index in [1.165, 1.54) is 10.2 Å². The minimum atomic E-state index is -0.155. The molecule has 2 rings (SSSR count). The highest BCUT2D eigenvalue weighted by Crippen LogP contribution is 2.24. The van der Waals surface area contributed by atoms with Gasteiger partial charge in [0.1, 0.15) is 5.69 Å². The highest BCUT2D eigenvalue weighted by molar-refractivity contribution is 6.08. The van der Waals surface area contributed by atoms with Gasteiger partial charge in [-0.2, -0.15) is 5.10 Å². The fraction of sp³-hybridized carbons (Fsp3) is 0.333. The number of rotatable bonds is 2. The quantitative estimate of drug-likeness (QED) is 0.911. The maximum absolute atomic E-state index is 12.6. The van der Waals surface area contributed by atoms with Gasteiger partial charge in [0.15, 0.2) is 0 Å². The van der Waals surface area contributed by atoms with Crippen molar-refractivity contribution in [2.45, 2.75) is 20.8 Å². The number of carbonyl (C=O) groups is 1. The largest absolute Gasteiger partial charge is 0.395 e. The lowest BCUT2D eigenvalue weighted by atomic mass is 10.1. The number of nitrogens with two attached hydrogens (primary N) is 1. The van der Waals surface area contributed by atoms with Gasteiger partial charge in [0.05, 0.1) is 11.4 Å². The number of hydrogen-bond donors (Lipinski definition) is 1. The standard InChI is InChI=1S/C15H20N4O/c1-9-6-7-12(10(2)8-9)18(4)15(20)14-13(16)11(3)17-19(14)5/h6-8H,16H2,1-5H3. The molecule has 1 aromatic heterocycles. The zero-order chi connectivity index (χ0) is 15.0. The SMILES string of the molecule is Cc1ccc(N(C)C(=O)c2c(N)c(C)nn2C)c(C)c1. The second-order valence-corrected chi connectivity index (χ2v) is 5.13. The summed E-state index contributed by atoms with van der Waals surface area (Å²) in [5, 5.41) is 4.19. The normalized spacial score (nSPS) is 10.7. The van der Waals surface area contributed by atoms with Gasteiger partial charge in [-0.05, 0) is 32.4 Å². The third-order valence-corrected chi connectivity index (χ3v) is 3.49. The molecule has 1 heterocycles. The summed E-state index contributed by atoms with van der Waals surface area (Å²) in [6.07, 6.45) is 0.